The van der Waals surface area contributed by atoms with Gasteiger partial charge in [0.25, 0.3) is 0 Å². The van der Waals surface area contributed by atoms with Gasteiger partial charge in [0.1, 0.15) is 6.07 Å². The highest BCUT2D eigenvalue weighted by atomic mass is 32.2. The molecular weight excluding hydrogens is 350 g/mol. The Hall–Kier alpha value is -2.69. The van der Waals surface area contributed by atoms with Crippen LogP contribution >= 0.6 is 0 Å². The summed E-state index contributed by atoms with van der Waals surface area (Å²) in [6.07, 6.45) is 2.79. The zero-order valence-electron chi connectivity index (χ0n) is 14.1. The molecule has 1 aliphatic rings. The number of hydrogen-bond acceptors (Lipinski definition) is 4. The van der Waals surface area contributed by atoms with Crippen molar-refractivity contribution in [3.8, 4) is 6.07 Å². The number of sulfonamides is 1. The van der Waals surface area contributed by atoms with Crippen LogP contribution < -0.4 is 10.0 Å². The van der Waals surface area contributed by atoms with Crippen LogP contribution in [0.25, 0.3) is 0 Å². The van der Waals surface area contributed by atoms with Gasteiger partial charge in [-0.25, -0.2) is 13.1 Å². The number of carbonyl (C=O) groups is 1. The Labute approximate surface area is 152 Å². The second kappa shape index (κ2) is 7.68. The number of amides is 1. The molecule has 2 aromatic rings. The van der Waals surface area contributed by atoms with E-state index in [1.807, 2.05) is 24.3 Å². The Morgan fingerprint density at radius 2 is 1.88 bits per heavy atom. The second-order valence-corrected chi connectivity index (χ2v) is 7.88. The van der Waals surface area contributed by atoms with Crippen LogP contribution in [0.1, 0.15) is 35.6 Å². The fourth-order valence-electron chi connectivity index (χ4n) is 3.18. The molecule has 0 spiro atoms. The molecule has 7 heteroatoms. The number of carbonyl (C=O) groups excluding carboxylic acids is 1. The van der Waals surface area contributed by atoms with Gasteiger partial charge in [-0.05, 0) is 42.5 Å². The van der Waals surface area contributed by atoms with Crippen LogP contribution in [0.4, 0.5) is 0 Å². The minimum Gasteiger partial charge on any atom is -0.348 e. The van der Waals surface area contributed by atoms with Gasteiger partial charge in [-0.2, -0.15) is 5.26 Å². The maximum Gasteiger partial charge on any atom is 0.242 e. The largest absolute Gasteiger partial charge is 0.348 e. The van der Waals surface area contributed by atoms with Gasteiger partial charge in [0.2, 0.25) is 15.9 Å². The number of hydrogen-bond donors (Lipinski definition) is 2. The quantitative estimate of drug-likeness (QED) is 0.842. The summed E-state index contributed by atoms with van der Waals surface area (Å²) in [5.74, 6) is -0.398. The molecule has 1 unspecified atom stereocenters. The first kappa shape index (κ1) is 18.1. The van der Waals surface area contributed by atoms with Crippen molar-refractivity contribution < 1.29 is 13.2 Å². The summed E-state index contributed by atoms with van der Waals surface area (Å²) >= 11 is 0. The first-order chi connectivity index (χ1) is 12.5. The highest BCUT2D eigenvalue weighted by Crippen LogP contribution is 2.29. The van der Waals surface area contributed by atoms with Crippen LogP contribution in [0, 0.1) is 11.3 Å². The van der Waals surface area contributed by atoms with E-state index in [9.17, 15) is 13.2 Å². The van der Waals surface area contributed by atoms with Crippen LogP contribution in [0.3, 0.4) is 0 Å². The fraction of sp³-hybridized carbons (Fsp3) is 0.263. The third-order valence-corrected chi connectivity index (χ3v) is 5.88. The molecule has 0 fully saturated rings. The number of fused-ring (bicyclic) bond motifs is 1. The van der Waals surface area contributed by atoms with Crippen LogP contribution in [-0.2, 0) is 21.2 Å². The van der Waals surface area contributed by atoms with Gasteiger partial charge in [0.15, 0.2) is 0 Å². The van der Waals surface area contributed by atoms with Gasteiger partial charge in [-0.3, -0.25) is 4.79 Å². The van der Waals surface area contributed by atoms with Crippen molar-refractivity contribution in [1.82, 2.24) is 10.0 Å². The molecule has 0 heterocycles. The maximum atomic E-state index is 12.4. The highest BCUT2D eigenvalue weighted by Gasteiger charge is 2.23. The molecule has 0 bridgehead atoms. The summed E-state index contributed by atoms with van der Waals surface area (Å²) in [6.45, 7) is -0.374. The number of nitrogens with one attached hydrogen (secondary N) is 2. The third kappa shape index (κ3) is 3.93. The summed E-state index contributed by atoms with van der Waals surface area (Å²) in [5, 5.41) is 11.9. The predicted octanol–water partition coefficient (Wildman–Crippen LogP) is 2.03. The summed E-state index contributed by atoms with van der Waals surface area (Å²) in [7, 11) is -3.93. The van der Waals surface area contributed by atoms with Gasteiger partial charge >= 0.3 is 0 Å². The molecule has 1 atom stereocenters. The van der Waals surface area contributed by atoms with Crippen molar-refractivity contribution in [2.75, 3.05) is 6.54 Å². The standard InChI is InChI=1S/C19H19N3O3S/c20-12-15-7-2-4-11-18(15)26(24,25)21-13-19(23)22-17-10-5-8-14-6-1-3-9-16(14)17/h1-4,6-7,9,11,17,21H,5,8,10,13H2,(H,22,23). The highest BCUT2D eigenvalue weighted by molar-refractivity contribution is 7.89. The Balaban J connectivity index is 1.66. The van der Waals surface area contributed by atoms with Gasteiger partial charge in [0, 0.05) is 0 Å². The molecule has 134 valence electrons. The van der Waals surface area contributed by atoms with Crippen molar-refractivity contribution in [1.29, 1.82) is 5.26 Å². The molecule has 0 saturated carbocycles. The third-order valence-electron chi connectivity index (χ3n) is 4.42. The summed E-state index contributed by atoms with van der Waals surface area (Å²) in [4.78, 5) is 12.1. The zero-order valence-corrected chi connectivity index (χ0v) is 14.9. The predicted molar refractivity (Wildman–Crippen MR) is 96.6 cm³/mol. The van der Waals surface area contributed by atoms with E-state index in [1.54, 1.807) is 6.07 Å². The van der Waals surface area contributed by atoms with Crippen LogP contribution in [0.5, 0.6) is 0 Å². The van der Waals surface area contributed by atoms with Crippen molar-refractivity contribution >= 4 is 15.9 Å². The topological polar surface area (TPSA) is 99.1 Å². The van der Waals surface area contributed by atoms with E-state index in [-0.39, 0.29) is 23.0 Å². The van der Waals surface area contributed by atoms with E-state index >= 15 is 0 Å². The lowest BCUT2D eigenvalue weighted by Gasteiger charge is -2.26. The molecule has 0 saturated heterocycles. The summed E-state index contributed by atoms with van der Waals surface area (Å²) in [6, 6.07) is 15.6. The van der Waals surface area contributed by atoms with E-state index in [0.717, 1.165) is 24.8 Å². The van der Waals surface area contributed by atoms with E-state index in [1.165, 1.54) is 23.8 Å². The Morgan fingerprint density at radius 3 is 2.69 bits per heavy atom. The first-order valence-electron chi connectivity index (χ1n) is 8.37. The van der Waals surface area contributed by atoms with Crippen LogP contribution in [0.2, 0.25) is 0 Å². The molecule has 1 amide bonds. The molecule has 3 rings (SSSR count). The SMILES string of the molecule is N#Cc1ccccc1S(=O)(=O)NCC(=O)NC1CCCc2ccccc21. The lowest BCUT2D eigenvalue weighted by Crippen LogP contribution is -2.39. The lowest BCUT2D eigenvalue weighted by molar-refractivity contribution is -0.120. The molecule has 0 aromatic heterocycles. The maximum absolute atomic E-state index is 12.4. The Morgan fingerprint density at radius 1 is 1.15 bits per heavy atom. The number of nitrogens with zero attached hydrogens (tertiary/aromatic N) is 1. The minimum absolute atomic E-state index is 0.0432. The number of nitriles is 1. The molecule has 6 nitrogen and oxygen atoms in total. The van der Waals surface area contributed by atoms with Crippen molar-refractivity contribution in [3.63, 3.8) is 0 Å². The average molecular weight is 369 g/mol. The smallest absolute Gasteiger partial charge is 0.242 e. The Bertz CT molecular complexity index is 964. The Kier molecular flexibility index (Phi) is 5.35. The van der Waals surface area contributed by atoms with Crippen LogP contribution in [0.15, 0.2) is 53.4 Å². The molecule has 0 radical (unpaired) electrons. The first-order valence-corrected chi connectivity index (χ1v) is 9.85. The van der Waals surface area contributed by atoms with Crippen LogP contribution in [-0.4, -0.2) is 20.9 Å². The van der Waals surface area contributed by atoms with E-state index in [2.05, 4.69) is 16.1 Å². The minimum atomic E-state index is -3.93. The van der Waals surface area contributed by atoms with Crippen molar-refractivity contribution in [3.05, 3.63) is 65.2 Å². The fourth-order valence-corrected chi connectivity index (χ4v) is 4.32. The molecule has 26 heavy (non-hydrogen) atoms. The second-order valence-electron chi connectivity index (χ2n) is 6.14. The monoisotopic (exact) mass is 369 g/mol. The molecule has 0 aliphatic heterocycles. The number of rotatable bonds is 5. The average Bonchev–Trinajstić information content (AvgIpc) is 2.67. The molecule has 1 aliphatic carbocycles. The normalized spacial score (nSPS) is 16.3. The van der Waals surface area contributed by atoms with Crippen molar-refractivity contribution in [2.24, 2.45) is 0 Å². The molecular formula is C19H19N3O3S. The number of benzene rings is 2. The van der Waals surface area contributed by atoms with E-state index < -0.39 is 15.9 Å². The van der Waals surface area contributed by atoms with E-state index in [4.69, 9.17) is 5.26 Å². The van der Waals surface area contributed by atoms with E-state index in [0.29, 0.717) is 0 Å². The van der Waals surface area contributed by atoms with Gasteiger partial charge in [0.05, 0.1) is 23.0 Å². The molecule has 2 N–H and O–H groups in total. The summed E-state index contributed by atoms with van der Waals surface area (Å²) < 4.78 is 27.0. The lowest BCUT2D eigenvalue weighted by atomic mass is 9.88. The van der Waals surface area contributed by atoms with Crippen molar-refractivity contribution in [2.45, 2.75) is 30.2 Å². The zero-order chi connectivity index (χ0) is 18.6. The van der Waals surface area contributed by atoms with Gasteiger partial charge in [-0.1, -0.05) is 36.4 Å². The van der Waals surface area contributed by atoms with Gasteiger partial charge in [-0.15, -0.1) is 0 Å². The molecule has 2 aromatic carbocycles. The number of aryl methyl sites for hydroxylation is 1. The van der Waals surface area contributed by atoms with Gasteiger partial charge < -0.3 is 5.32 Å². The summed E-state index contributed by atoms with van der Waals surface area (Å²) in [5.41, 5.74) is 2.35.